The molecule has 0 radical (unpaired) electrons. The topological polar surface area (TPSA) is 71.5 Å². The molecule has 1 atom stereocenters. The SMILES string of the molecule is CN(Cc1ccc(F)cc1)c1ccc(OCC(=O)N2CCCCC2c2ccccn2)nn1. The highest BCUT2D eigenvalue weighted by Gasteiger charge is 2.29. The van der Waals surface area contributed by atoms with E-state index in [1.807, 2.05) is 35.0 Å². The quantitative estimate of drug-likeness (QED) is 0.563. The summed E-state index contributed by atoms with van der Waals surface area (Å²) in [6.07, 6.45) is 4.71. The summed E-state index contributed by atoms with van der Waals surface area (Å²) in [7, 11) is 1.88. The molecule has 0 N–H and O–H groups in total. The standard InChI is InChI=1S/C24H26FN5O2/c1-29(16-18-8-10-19(25)11-9-18)22-12-13-23(28-27-22)32-17-24(31)30-15-5-3-7-21(30)20-6-2-4-14-26-20/h2,4,6,8-14,21H,3,5,7,15-17H2,1H3. The highest BCUT2D eigenvalue weighted by atomic mass is 19.1. The number of hydrogen-bond donors (Lipinski definition) is 0. The van der Waals surface area contributed by atoms with Crippen molar-refractivity contribution in [3.63, 3.8) is 0 Å². The van der Waals surface area contributed by atoms with E-state index >= 15 is 0 Å². The zero-order valence-electron chi connectivity index (χ0n) is 18.0. The largest absolute Gasteiger partial charge is 0.466 e. The van der Waals surface area contributed by atoms with Gasteiger partial charge in [-0.3, -0.25) is 9.78 Å². The summed E-state index contributed by atoms with van der Waals surface area (Å²) in [4.78, 5) is 21.0. The first-order valence-electron chi connectivity index (χ1n) is 10.7. The van der Waals surface area contributed by atoms with Crippen LogP contribution in [0.4, 0.5) is 10.2 Å². The predicted octanol–water partition coefficient (Wildman–Crippen LogP) is 3.78. The first-order chi connectivity index (χ1) is 15.6. The Balaban J connectivity index is 1.33. The third-order valence-electron chi connectivity index (χ3n) is 5.55. The first kappa shape index (κ1) is 21.7. The summed E-state index contributed by atoms with van der Waals surface area (Å²) < 4.78 is 18.7. The lowest BCUT2D eigenvalue weighted by molar-refractivity contribution is -0.137. The Morgan fingerprint density at radius 2 is 1.97 bits per heavy atom. The average molecular weight is 436 g/mol. The molecule has 32 heavy (non-hydrogen) atoms. The van der Waals surface area contributed by atoms with Crippen LogP contribution in [-0.4, -0.2) is 46.2 Å². The Hall–Kier alpha value is -3.55. The zero-order valence-corrected chi connectivity index (χ0v) is 18.0. The maximum Gasteiger partial charge on any atom is 0.261 e. The van der Waals surface area contributed by atoms with E-state index < -0.39 is 0 Å². The fraction of sp³-hybridized carbons (Fsp3) is 0.333. The minimum absolute atomic E-state index is 0.0189. The molecule has 1 fully saturated rings. The van der Waals surface area contributed by atoms with Gasteiger partial charge in [-0.1, -0.05) is 18.2 Å². The number of halogens is 1. The van der Waals surface area contributed by atoms with Gasteiger partial charge in [0.25, 0.3) is 5.91 Å². The van der Waals surface area contributed by atoms with Crippen LogP contribution < -0.4 is 9.64 Å². The second-order valence-corrected chi connectivity index (χ2v) is 7.85. The van der Waals surface area contributed by atoms with Gasteiger partial charge >= 0.3 is 0 Å². The van der Waals surface area contributed by atoms with Gasteiger partial charge in [-0.25, -0.2) is 4.39 Å². The molecule has 1 aliphatic heterocycles. The van der Waals surface area contributed by atoms with Gasteiger partial charge in [0.1, 0.15) is 5.82 Å². The van der Waals surface area contributed by atoms with Crippen molar-refractivity contribution < 1.29 is 13.9 Å². The Labute approximate surface area is 186 Å². The number of rotatable bonds is 7. The number of carbonyl (C=O) groups excluding carboxylic acids is 1. The molecule has 166 valence electrons. The van der Waals surface area contributed by atoms with E-state index in [4.69, 9.17) is 4.74 Å². The monoisotopic (exact) mass is 435 g/mol. The van der Waals surface area contributed by atoms with Gasteiger partial charge in [0, 0.05) is 32.4 Å². The van der Waals surface area contributed by atoms with Crippen LogP contribution >= 0.6 is 0 Å². The molecule has 1 saturated heterocycles. The number of likely N-dealkylation sites (tertiary alicyclic amines) is 1. The van der Waals surface area contributed by atoms with E-state index in [0.29, 0.717) is 24.8 Å². The number of hydrogen-bond acceptors (Lipinski definition) is 6. The second-order valence-electron chi connectivity index (χ2n) is 7.85. The van der Waals surface area contributed by atoms with Gasteiger partial charge in [-0.15, -0.1) is 10.2 Å². The molecular weight excluding hydrogens is 409 g/mol. The van der Waals surface area contributed by atoms with Crippen molar-refractivity contribution in [1.29, 1.82) is 0 Å². The molecule has 2 aromatic heterocycles. The normalized spacial score (nSPS) is 15.9. The Kier molecular flexibility index (Phi) is 6.89. The van der Waals surface area contributed by atoms with Gasteiger partial charge in [0.2, 0.25) is 5.88 Å². The van der Waals surface area contributed by atoms with Gasteiger partial charge in [-0.2, -0.15) is 0 Å². The van der Waals surface area contributed by atoms with E-state index in [1.165, 1.54) is 12.1 Å². The van der Waals surface area contributed by atoms with Crippen molar-refractivity contribution >= 4 is 11.7 Å². The molecule has 4 rings (SSSR count). The lowest BCUT2D eigenvalue weighted by atomic mass is 9.99. The lowest BCUT2D eigenvalue weighted by Gasteiger charge is -2.35. The fourth-order valence-electron chi connectivity index (χ4n) is 3.87. The van der Waals surface area contributed by atoms with Gasteiger partial charge in [-0.05, 0) is 55.2 Å². The number of aromatic nitrogens is 3. The number of nitrogens with zero attached hydrogens (tertiary/aromatic N) is 5. The smallest absolute Gasteiger partial charge is 0.261 e. The molecule has 1 aromatic carbocycles. The summed E-state index contributed by atoms with van der Waals surface area (Å²) in [6.45, 7) is 1.17. The van der Waals surface area contributed by atoms with E-state index in [9.17, 15) is 9.18 Å². The van der Waals surface area contributed by atoms with Crippen molar-refractivity contribution in [2.45, 2.75) is 31.8 Å². The number of amides is 1. The van der Waals surface area contributed by atoms with E-state index in [0.717, 1.165) is 30.5 Å². The third-order valence-corrected chi connectivity index (χ3v) is 5.55. The molecule has 3 aromatic rings. The van der Waals surface area contributed by atoms with Crippen molar-refractivity contribution in [2.24, 2.45) is 0 Å². The first-order valence-corrected chi connectivity index (χ1v) is 10.7. The van der Waals surface area contributed by atoms with Crippen molar-refractivity contribution in [1.82, 2.24) is 20.1 Å². The molecule has 0 spiro atoms. The highest BCUT2D eigenvalue weighted by Crippen LogP contribution is 2.29. The minimum atomic E-state index is -0.261. The van der Waals surface area contributed by atoms with Crippen LogP contribution in [0.1, 0.15) is 36.6 Å². The molecular formula is C24H26FN5O2. The minimum Gasteiger partial charge on any atom is -0.466 e. The van der Waals surface area contributed by atoms with Crippen LogP contribution in [0.25, 0.3) is 0 Å². The van der Waals surface area contributed by atoms with Crippen LogP contribution in [0.3, 0.4) is 0 Å². The molecule has 0 bridgehead atoms. The lowest BCUT2D eigenvalue weighted by Crippen LogP contribution is -2.41. The maximum absolute atomic E-state index is 13.1. The maximum atomic E-state index is 13.1. The number of piperidine rings is 1. The van der Waals surface area contributed by atoms with Crippen molar-refractivity contribution in [3.8, 4) is 5.88 Å². The number of ether oxygens (including phenoxy) is 1. The molecule has 1 unspecified atom stereocenters. The summed E-state index contributed by atoms with van der Waals surface area (Å²) >= 11 is 0. The predicted molar refractivity (Wildman–Crippen MR) is 119 cm³/mol. The Morgan fingerprint density at radius 3 is 2.69 bits per heavy atom. The Bertz CT molecular complexity index is 1010. The van der Waals surface area contributed by atoms with E-state index in [2.05, 4.69) is 15.2 Å². The molecule has 0 aliphatic carbocycles. The van der Waals surface area contributed by atoms with Crippen LogP contribution in [-0.2, 0) is 11.3 Å². The van der Waals surface area contributed by atoms with Crippen molar-refractivity contribution in [3.05, 3.63) is 77.9 Å². The second kappa shape index (κ2) is 10.2. The molecule has 1 aliphatic rings. The molecule has 0 saturated carbocycles. The van der Waals surface area contributed by atoms with Crippen LogP contribution in [0, 0.1) is 5.82 Å². The summed E-state index contributed by atoms with van der Waals surface area (Å²) in [5.74, 6) is 0.603. The van der Waals surface area contributed by atoms with E-state index in [1.54, 1.807) is 30.5 Å². The third kappa shape index (κ3) is 5.38. The number of benzene rings is 1. The van der Waals surface area contributed by atoms with Crippen LogP contribution in [0.2, 0.25) is 0 Å². The van der Waals surface area contributed by atoms with Gasteiger partial charge in [0.05, 0.1) is 11.7 Å². The number of anilines is 1. The van der Waals surface area contributed by atoms with Gasteiger partial charge in [0.15, 0.2) is 12.4 Å². The fourth-order valence-corrected chi connectivity index (χ4v) is 3.87. The molecule has 8 heteroatoms. The van der Waals surface area contributed by atoms with Crippen molar-refractivity contribution in [2.75, 3.05) is 25.1 Å². The van der Waals surface area contributed by atoms with Gasteiger partial charge < -0.3 is 14.5 Å². The summed E-state index contributed by atoms with van der Waals surface area (Å²) in [5.41, 5.74) is 1.87. The Morgan fingerprint density at radius 1 is 1.12 bits per heavy atom. The van der Waals surface area contributed by atoms with Crippen LogP contribution in [0.5, 0.6) is 5.88 Å². The number of carbonyl (C=O) groups is 1. The van der Waals surface area contributed by atoms with E-state index in [-0.39, 0.29) is 24.4 Å². The summed E-state index contributed by atoms with van der Waals surface area (Å²) in [6, 6.07) is 15.6. The molecule has 3 heterocycles. The molecule has 7 nitrogen and oxygen atoms in total. The molecule has 1 amide bonds. The zero-order chi connectivity index (χ0) is 22.3. The highest BCUT2D eigenvalue weighted by molar-refractivity contribution is 5.78. The van der Waals surface area contributed by atoms with Crippen LogP contribution in [0.15, 0.2) is 60.8 Å². The number of pyridine rings is 1. The average Bonchev–Trinajstić information content (AvgIpc) is 2.85. The summed E-state index contributed by atoms with van der Waals surface area (Å²) in [5, 5.41) is 8.28.